The molecule has 0 fully saturated rings. The number of carbonyl (C=O) groups excluding carboxylic acids is 1. The Bertz CT molecular complexity index is 528. The van der Waals surface area contributed by atoms with Crippen LogP contribution in [0.2, 0.25) is 0 Å². The van der Waals surface area contributed by atoms with Crippen LogP contribution in [-0.2, 0) is 20.3 Å². The number of phenols is 1. The van der Waals surface area contributed by atoms with E-state index in [1.807, 2.05) is 0 Å². The molecule has 0 unspecified atom stereocenters. The maximum atomic E-state index is 11.1. The van der Waals surface area contributed by atoms with Gasteiger partial charge in [-0.3, -0.25) is 4.79 Å². The molecule has 0 radical (unpaired) electrons. The van der Waals surface area contributed by atoms with Crippen molar-refractivity contribution in [2.75, 3.05) is 6.79 Å². The van der Waals surface area contributed by atoms with Gasteiger partial charge in [0.1, 0.15) is 5.78 Å². The number of aromatic hydroxyl groups is 1. The van der Waals surface area contributed by atoms with E-state index in [1.165, 1.54) is 19.1 Å². The molecule has 0 aromatic heterocycles. The van der Waals surface area contributed by atoms with E-state index in [0.717, 1.165) is 0 Å². The van der Waals surface area contributed by atoms with Crippen molar-refractivity contribution in [2.24, 2.45) is 5.73 Å². The van der Waals surface area contributed by atoms with Crippen molar-refractivity contribution in [3.63, 3.8) is 0 Å². The van der Waals surface area contributed by atoms with Crippen LogP contribution in [0.25, 0.3) is 0 Å². The van der Waals surface area contributed by atoms with Crippen LogP contribution in [0.15, 0.2) is 18.2 Å². The zero-order valence-electron chi connectivity index (χ0n) is 10.7. The third-order valence-electron chi connectivity index (χ3n) is 2.44. The molecule has 1 aromatic rings. The Kier molecular flexibility index (Phi) is 5.67. The molecule has 1 aromatic carbocycles. The van der Waals surface area contributed by atoms with Crippen LogP contribution < -0.4 is 10.5 Å². The first-order chi connectivity index (χ1) is 9.19. The van der Waals surface area contributed by atoms with Crippen LogP contribution >= 0.6 is 7.82 Å². The second kappa shape index (κ2) is 6.83. The fourth-order valence-electron chi connectivity index (χ4n) is 1.36. The molecule has 0 heterocycles. The summed E-state index contributed by atoms with van der Waals surface area (Å²) < 4.78 is 19.5. The lowest BCUT2D eigenvalue weighted by atomic mass is 10.0. The minimum absolute atomic E-state index is 0.0216. The first-order valence-electron chi connectivity index (χ1n) is 5.60. The molecule has 1 atom stereocenters. The number of ether oxygens (including phenoxy) is 1. The van der Waals surface area contributed by atoms with Crippen molar-refractivity contribution in [1.82, 2.24) is 0 Å². The van der Waals surface area contributed by atoms with Gasteiger partial charge in [0.25, 0.3) is 0 Å². The summed E-state index contributed by atoms with van der Waals surface area (Å²) in [5.74, 6) is -0.420. The van der Waals surface area contributed by atoms with Gasteiger partial charge in [-0.05, 0) is 31.0 Å². The lowest BCUT2D eigenvalue weighted by molar-refractivity contribution is -0.118. The molecular weight excluding hydrogens is 289 g/mol. The summed E-state index contributed by atoms with van der Waals surface area (Å²) in [7, 11) is -4.64. The molecule has 8 nitrogen and oxygen atoms in total. The Hall–Kier alpha value is -1.44. The smallest absolute Gasteiger partial charge is 0.472 e. The van der Waals surface area contributed by atoms with Gasteiger partial charge in [0.2, 0.25) is 6.79 Å². The van der Waals surface area contributed by atoms with Crippen LogP contribution in [0.1, 0.15) is 12.5 Å². The molecule has 112 valence electrons. The molecule has 0 spiro atoms. The van der Waals surface area contributed by atoms with E-state index in [1.54, 1.807) is 6.07 Å². The fraction of sp³-hybridized carbons (Fsp3) is 0.364. The second-order valence-corrected chi connectivity index (χ2v) is 5.34. The maximum Gasteiger partial charge on any atom is 0.472 e. The maximum absolute atomic E-state index is 11.1. The largest absolute Gasteiger partial charge is 0.504 e. The van der Waals surface area contributed by atoms with Gasteiger partial charge in [0.05, 0.1) is 6.04 Å². The summed E-state index contributed by atoms with van der Waals surface area (Å²) in [6.45, 7) is 0.649. The van der Waals surface area contributed by atoms with Crippen molar-refractivity contribution >= 4 is 13.6 Å². The monoisotopic (exact) mass is 305 g/mol. The molecule has 0 aliphatic heterocycles. The molecule has 20 heavy (non-hydrogen) atoms. The average molecular weight is 305 g/mol. The second-order valence-electron chi connectivity index (χ2n) is 4.11. The molecule has 1 rings (SSSR count). The van der Waals surface area contributed by atoms with Crippen LogP contribution in [0.5, 0.6) is 11.5 Å². The third kappa shape index (κ3) is 5.68. The van der Waals surface area contributed by atoms with Crippen molar-refractivity contribution < 1.29 is 33.5 Å². The van der Waals surface area contributed by atoms with Crippen molar-refractivity contribution in [3.05, 3.63) is 23.8 Å². The SMILES string of the molecule is CC(=O)[C@@H](N)Cc1ccc(O)c(OCOP(=O)(O)O)c1. The van der Waals surface area contributed by atoms with Crippen LogP contribution in [0.4, 0.5) is 0 Å². The number of hydrogen-bond donors (Lipinski definition) is 4. The number of nitrogens with two attached hydrogens (primary N) is 1. The molecule has 0 bridgehead atoms. The number of benzene rings is 1. The number of phenolic OH excluding ortho intramolecular Hbond substituents is 1. The van der Waals surface area contributed by atoms with Crippen molar-refractivity contribution in [2.45, 2.75) is 19.4 Å². The summed E-state index contributed by atoms with van der Waals surface area (Å²) in [4.78, 5) is 28.1. The minimum Gasteiger partial charge on any atom is -0.504 e. The minimum atomic E-state index is -4.64. The number of hydrogen-bond acceptors (Lipinski definition) is 6. The van der Waals surface area contributed by atoms with Crippen LogP contribution in [0, 0.1) is 0 Å². The summed E-state index contributed by atoms with van der Waals surface area (Å²) in [6.07, 6.45) is 0.255. The molecule has 0 saturated heterocycles. The summed E-state index contributed by atoms with van der Waals surface area (Å²) in [5, 5.41) is 9.53. The van der Waals surface area contributed by atoms with Crippen molar-refractivity contribution in [3.8, 4) is 11.5 Å². The quantitative estimate of drug-likeness (QED) is 0.416. The Morgan fingerprint density at radius 3 is 2.65 bits per heavy atom. The van der Waals surface area contributed by atoms with E-state index in [9.17, 15) is 14.5 Å². The van der Waals surface area contributed by atoms with Crippen LogP contribution in [0.3, 0.4) is 0 Å². The number of phosphoric ester groups is 1. The molecule has 5 N–H and O–H groups in total. The Balaban J connectivity index is 2.71. The summed E-state index contributed by atoms with van der Waals surface area (Å²) in [5.41, 5.74) is 6.25. The van der Waals surface area contributed by atoms with E-state index < -0.39 is 20.7 Å². The molecule has 9 heteroatoms. The Morgan fingerprint density at radius 1 is 1.45 bits per heavy atom. The lowest BCUT2D eigenvalue weighted by Gasteiger charge is -2.12. The highest BCUT2D eigenvalue weighted by molar-refractivity contribution is 7.46. The van der Waals surface area contributed by atoms with Gasteiger partial charge in [-0.2, -0.15) is 0 Å². The first-order valence-corrected chi connectivity index (χ1v) is 7.13. The van der Waals surface area contributed by atoms with Crippen LogP contribution in [-0.4, -0.2) is 33.5 Å². The predicted molar refractivity (Wildman–Crippen MR) is 69.1 cm³/mol. The Labute approximate surface area is 115 Å². The molecule has 0 saturated carbocycles. The van der Waals surface area contributed by atoms with E-state index in [-0.39, 0.29) is 23.7 Å². The zero-order valence-corrected chi connectivity index (χ0v) is 11.6. The first kappa shape index (κ1) is 16.6. The average Bonchev–Trinajstić information content (AvgIpc) is 2.31. The Morgan fingerprint density at radius 2 is 2.10 bits per heavy atom. The van der Waals surface area contributed by atoms with E-state index in [4.69, 9.17) is 20.3 Å². The van der Waals surface area contributed by atoms with Gasteiger partial charge >= 0.3 is 7.82 Å². The van der Waals surface area contributed by atoms with E-state index in [0.29, 0.717) is 5.56 Å². The molecular formula is C11H16NO7P. The highest BCUT2D eigenvalue weighted by Crippen LogP contribution is 2.36. The topological polar surface area (TPSA) is 139 Å². The summed E-state index contributed by atoms with van der Waals surface area (Å²) in [6, 6.07) is 3.64. The number of ketones is 1. The number of carbonyl (C=O) groups is 1. The van der Waals surface area contributed by atoms with Gasteiger partial charge in [0.15, 0.2) is 11.5 Å². The lowest BCUT2D eigenvalue weighted by Crippen LogP contribution is -2.30. The zero-order chi connectivity index (χ0) is 15.3. The standard InChI is InChI=1S/C11H16NO7P/c1-7(13)9(12)4-8-2-3-10(14)11(5-8)18-6-19-20(15,16)17/h2-3,5,9,14H,4,6,12H2,1H3,(H2,15,16,17)/t9-/m0/s1. The highest BCUT2D eigenvalue weighted by atomic mass is 31.2. The van der Waals surface area contributed by atoms with Gasteiger partial charge in [-0.1, -0.05) is 6.07 Å². The molecule has 0 aliphatic carbocycles. The summed E-state index contributed by atoms with van der Waals surface area (Å²) >= 11 is 0. The van der Waals surface area contributed by atoms with E-state index in [2.05, 4.69) is 4.52 Å². The normalized spacial score (nSPS) is 13.0. The van der Waals surface area contributed by atoms with Gasteiger partial charge < -0.3 is 25.4 Å². The third-order valence-corrected chi connectivity index (χ3v) is 2.88. The molecule has 0 aliphatic rings. The molecule has 0 amide bonds. The number of rotatable bonds is 7. The predicted octanol–water partition coefficient (Wildman–Crippen LogP) is 0.297. The van der Waals surface area contributed by atoms with Gasteiger partial charge in [0, 0.05) is 0 Å². The number of Topliss-reactive ketones (excluding diaryl/α,β-unsaturated/α-hetero) is 1. The van der Waals surface area contributed by atoms with E-state index >= 15 is 0 Å². The van der Waals surface area contributed by atoms with Crippen molar-refractivity contribution in [1.29, 1.82) is 0 Å². The van der Waals surface area contributed by atoms with Gasteiger partial charge in [-0.15, -0.1) is 0 Å². The van der Waals surface area contributed by atoms with Gasteiger partial charge in [-0.25, -0.2) is 9.09 Å². The highest BCUT2D eigenvalue weighted by Gasteiger charge is 2.15. The number of phosphoric acid groups is 1. The fourth-order valence-corrected chi connectivity index (χ4v) is 1.55.